The van der Waals surface area contributed by atoms with Gasteiger partial charge in [-0.25, -0.2) is 0 Å². The quantitative estimate of drug-likeness (QED) is 0.215. The summed E-state index contributed by atoms with van der Waals surface area (Å²) < 4.78 is 1.06. The molecule has 0 unspecified atom stereocenters. The number of hydrogen-bond donors (Lipinski definition) is 1. The summed E-state index contributed by atoms with van der Waals surface area (Å²) in [4.78, 5) is 24.7. The van der Waals surface area contributed by atoms with E-state index in [0.717, 1.165) is 42.2 Å². The summed E-state index contributed by atoms with van der Waals surface area (Å²) in [6.45, 7) is 0. The van der Waals surface area contributed by atoms with E-state index < -0.39 is 0 Å². The molecule has 1 aliphatic heterocycles. The Morgan fingerprint density at radius 2 is 1.12 bits per heavy atom. The number of hydrogen-bond acceptors (Lipinski definition) is 2. The molecule has 4 heteroatoms. The zero-order valence-corrected chi connectivity index (χ0v) is 15.0. The third-order valence-electron chi connectivity index (χ3n) is 5.44. The molecule has 0 radical (unpaired) electrons. The van der Waals surface area contributed by atoms with Crippen LogP contribution in [0.1, 0.15) is 20.7 Å². The smallest absolute Gasteiger partial charge is 0.258 e. The van der Waals surface area contributed by atoms with Crippen molar-refractivity contribution in [3.8, 4) is 0 Å². The number of benzene rings is 5. The predicted octanol–water partition coefficient (Wildman–Crippen LogP) is 5.38. The van der Waals surface area contributed by atoms with E-state index in [1.165, 1.54) is 5.39 Å². The van der Waals surface area contributed by atoms with Crippen molar-refractivity contribution in [2.75, 3.05) is 0 Å². The van der Waals surface area contributed by atoms with Gasteiger partial charge in [0.1, 0.15) is 0 Å². The Bertz CT molecular complexity index is 1380. The molecule has 6 rings (SSSR count). The molecular formula is C22H10BrNO2. The lowest BCUT2D eigenvalue weighted by Crippen LogP contribution is -2.34. The molecule has 0 fully saturated rings. The van der Waals surface area contributed by atoms with Gasteiger partial charge < -0.3 is 0 Å². The largest absolute Gasteiger partial charge is 0.288 e. The number of nitrogens with one attached hydrogen (secondary N) is 1. The molecule has 0 aliphatic carbocycles. The first-order chi connectivity index (χ1) is 12.6. The molecule has 0 spiro atoms. The van der Waals surface area contributed by atoms with E-state index in [1.807, 2.05) is 30.3 Å². The molecule has 1 N–H and O–H groups in total. The van der Waals surface area contributed by atoms with Crippen molar-refractivity contribution in [1.82, 2.24) is 5.32 Å². The summed E-state index contributed by atoms with van der Waals surface area (Å²) >= 11 is 3.66. The van der Waals surface area contributed by atoms with Crippen LogP contribution in [0.15, 0.2) is 59.1 Å². The van der Waals surface area contributed by atoms with Gasteiger partial charge >= 0.3 is 0 Å². The minimum atomic E-state index is -0.328. The van der Waals surface area contributed by atoms with E-state index in [0.29, 0.717) is 11.1 Å². The Labute approximate surface area is 156 Å². The van der Waals surface area contributed by atoms with Crippen LogP contribution in [0.2, 0.25) is 0 Å². The number of imide groups is 1. The molecule has 1 aliphatic rings. The number of amides is 2. The Morgan fingerprint density at radius 3 is 1.81 bits per heavy atom. The van der Waals surface area contributed by atoms with E-state index in [9.17, 15) is 9.59 Å². The van der Waals surface area contributed by atoms with E-state index in [1.54, 1.807) is 0 Å². The standard InChI is InChI=1S/C22H10BrNO2/c23-17-9-8-11-13-5-7-16-20-15(21(25)24-22(16)26)6-4-12(19(13)20)10-2-1-3-14(17)18(10)11/h1-9H,(H,24,25,26). The third kappa shape index (κ3) is 1.54. The fourth-order valence-corrected chi connectivity index (χ4v) is 4.84. The second-order valence-electron chi connectivity index (χ2n) is 6.68. The number of rotatable bonds is 0. The van der Waals surface area contributed by atoms with Gasteiger partial charge in [0, 0.05) is 21.0 Å². The number of carbonyl (C=O) groups is 2. The summed E-state index contributed by atoms with van der Waals surface area (Å²) in [7, 11) is 0. The van der Waals surface area contributed by atoms with Gasteiger partial charge in [-0.2, -0.15) is 0 Å². The van der Waals surface area contributed by atoms with Crippen molar-refractivity contribution in [2.45, 2.75) is 0 Å². The van der Waals surface area contributed by atoms with Gasteiger partial charge in [-0.1, -0.05) is 52.3 Å². The molecule has 5 aromatic rings. The highest BCUT2D eigenvalue weighted by Crippen LogP contribution is 2.44. The maximum absolute atomic E-state index is 12.4. The lowest BCUT2D eigenvalue weighted by atomic mass is 9.85. The zero-order chi connectivity index (χ0) is 17.6. The lowest BCUT2D eigenvalue weighted by molar-refractivity contribution is 0.0845. The highest BCUT2D eigenvalue weighted by Gasteiger charge is 2.27. The number of fused-ring (bicyclic) bond motifs is 2. The van der Waals surface area contributed by atoms with Gasteiger partial charge in [-0.15, -0.1) is 0 Å². The first-order valence-electron chi connectivity index (χ1n) is 8.32. The van der Waals surface area contributed by atoms with Crippen molar-refractivity contribution in [3.63, 3.8) is 0 Å². The topological polar surface area (TPSA) is 46.2 Å². The first-order valence-corrected chi connectivity index (χ1v) is 9.12. The summed E-state index contributed by atoms with van der Waals surface area (Å²) in [5, 5.41) is 10.9. The summed E-state index contributed by atoms with van der Waals surface area (Å²) in [6, 6.07) is 18.1. The van der Waals surface area contributed by atoms with E-state index in [2.05, 4.69) is 45.5 Å². The summed E-state index contributed by atoms with van der Waals surface area (Å²) in [6.07, 6.45) is 0. The van der Waals surface area contributed by atoms with Crippen LogP contribution in [0.4, 0.5) is 0 Å². The highest BCUT2D eigenvalue weighted by molar-refractivity contribution is 9.10. The van der Waals surface area contributed by atoms with Crippen LogP contribution in [-0.2, 0) is 0 Å². The molecular weight excluding hydrogens is 390 g/mol. The molecule has 0 saturated carbocycles. The van der Waals surface area contributed by atoms with Crippen LogP contribution in [0.3, 0.4) is 0 Å². The zero-order valence-electron chi connectivity index (χ0n) is 13.4. The molecule has 3 nitrogen and oxygen atoms in total. The summed E-state index contributed by atoms with van der Waals surface area (Å²) in [5.74, 6) is -0.656. The molecule has 0 aromatic heterocycles. The SMILES string of the molecule is O=C1NC(=O)c2ccc3c4ccc(Br)c5cccc(c6ccc1c2c63)c54. The molecule has 26 heavy (non-hydrogen) atoms. The molecule has 0 bridgehead atoms. The van der Waals surface area contributed by atoms with Gasteiger partial charge in [0.2, 0.25) is 0 Å². The van der Waals surface area contributed by atoms with Crippen molar-refractivity contribution in [3.05, 3.63) is 70.2 Å². The normalized spacial score (nSPS) is 14.0. The molecule has 5 aromatic carbocycles. The molecule has 0 saturated heterocycles. The first kappa shape index (κ1) is 14.2. The van der Waals surface area contributed by atoms with Crippen molar-refractivity contribution in [2.24, 2.45) is 0 Å². The van der Waals surface area contributed by atoms with Gasteiger partial charge in [-0.05, 0) is 55.9 Å². The minimum absolute atomic E-state index is 0.328. The molecule has 0 atom stereocenters. The fourth-order valence-electron chi connectivity index (χ4n) is 4.38. The molecule has 1 heterocycles. The van der Waals surface area contributed by atoms with Crippen LogP contribution in [-0.4, -0.2) is 11.8 Å². The van der Waals surface area contributed by atoms with Gasteiger partial charge in [0.15, 0.2) is 0 Å². The Kier molecular flexibility index (Phi) is 2.51. The lowest BCUT2D eigenvalue weighted by Gasteiger charge is -2.21. The second kappa shape index (κ2) is 4.59. The van der Waals surface area contributed by atoms with E-state index >= 15 is 0 Å². The van der Waals surface area contributed by atoms with E-state index in [4.69, 9.17) is 0 Å². The van der Waals surface area contributed by atoms with Crippen molar-refractivity contribution >= 4 is 70.8 Å². The Balaban J connectivity index is 2.02. The Morgan fingerprint density at radius 1 is 0.577 bits per heavy atom. The minimum Gasteiger partial charge on any atom is -0.288 e. The molecule has 122 valence electrons. The third-order valence-corrected chi connectivity index (χ3v) is 6.14. The monoisotopic (exact) mass is 399 g/mol. The maximum Gasteiger partial charge on any atom is 0.258 e. The van der Waals surface area contributed by atoms with Crippen molar-refractivity contribution in [1.29, 1.82) is 0 Å². The summed E-state index contributed by atoms with van der Waals surface area (Å²) in [5.41, 5.74) is 1.13. The van der Waals surface area contributed by atoms with Crippen LogP contribution in [0, 0.1) is 0 Å². The van der Waals surface area contributed by atoms with Crippen LogP contribution in [0.5, 0.6) is 0 Å². The van der Waals surface area contributed by atoms with Gasteiger partial charge in [0.05, 0.1) is 0 Å². The maximum atomic E-state index is 12.4. The van der Waals surface area contributed by atoms with E-state index in [-0.39, 0.29) is 11.8 Å². The van der Waals surface area contributed by atoms with Crippen LogP contribution >= 0.6 is 15.9 Å². The number of halogens is 1. The highest BCUT2D eigenvalue weighted by atomic mass is 79.9. The second-order valence-corrected chi connectivity index (χ2v) is 7.53. The van der Waals surface area contributed by atoms with Crippen molar-refractivity contribution < 1.29 is 9.59 Å². The average Bonchev–Trinajstić information content (AvgIpc) is 2.66. The van der Waals surface area contributed by atoms with Gasteiger partial charge in [0.25, 0.3) is 11.8 Å². The number of carbonyl (C=O) groups excluding carboxylic acids is 2. The Hall–Kier alpha value is -2.98. The van der Waals surface area contributed by atoms with Crippen LogP contribution < -0.4 is 5.32 Å². The molecule has 2 amide bonds. The fraction of sp³-hybridized carbons (Fsp3) is 0. The predicted molar refractivity (Wildman–Crippen MR) is 107 cm³/mol. The van der Waals surface area contributed by atoms with Gasteiger partial charge in [-0.3, -0.25) is 14.9 Å². The van der Waals surface area contributed by atoms with Crippen LogP contribution in [0.25, 0.3) is 43.1 Å². The average molecular weight is 400 g/mol.